The van der Waals surface area contributed by atoms with Crippen molar-refractivity contribution in [1.82, 2.24) is 10.6 Å². The van der Waals surface area contributed by atoms with Crippen LogP contribution in [0.1, 0.15) is 37.7 Å². The van der Waals surface area contributed by atoms with Crippen LogP contribution in [0.3, 0.4) is 0 Å². The van der Waals surface area contributed by atoms with E-state index in [2.05, 4.69) is 26.6 Å². The molecule has 2 N–H and O–H groups in total. The van der Waals surface area contributed by atoms with Crippen molar-refractivity contribution in [2.75, 3.05) is 0 Å². The van der Waals surface area contributed by atoms with Crippen LogP contribution < -0.4 is 15.4 Å². The first kappa shape index (κ1) is 13.5. The van der Waals surface area contributed by atoms with Gasteiger partial charge in [-0.05, 0) is 56.1 Å². The Bertz CT molecular complexity index is 657. The fourth-order valence-corrected chi connectivity index (χ4v) is 4.50. The van der Waals surface area contributed by atoms with Gasteiger partial charge in [0, 0.05) is 16.5 Å². The molecule has 1 saturated carbocycles. The van der Waals surface area contributed by atoms with Gasteiger partial charge >= 0.3 is 0 Å². The fraction of sp³-hybridized carbons (Fsp3) is 0.467. The summed E-state index contributed by atoms with van der Waals surface area (Å²) in [6.07, 6.45) is 4.91. The second kappa shape index (κ2) is 4.43. The van der Waals surface area contributed by atoms with E-state index in [0.717, 1.165) is 41.5 Å². The molecule has 0 radical (unpaired) electrons. The number of carbonyl (C=O) groups is 1. The average molecular weight is 367 g/mol. The van der Waals surface area contributed by atoms with E-state index in [1.165, 1.54) is 0 Å². The van der Waals surface area contributed by atoms with Gasteiger partial charge in [-0.15, -0.1) is 0 Å². The van der Waals surface area contributed by atoms with Gasteiger partial charge in [0.15, 0.2) is 10.7 Å². The highest BCUT2D eigenvalue weighted by molar-refractivity contribution is 9.10. The highest BCUT2D eigenvalue weighted by atomic mass is 79.9. The van der Waals surface area contributed by atoms with Crippen LogP contribution >= 0.6 is 28.1 Å². The molecule has 1 unspecified atom stereocenters. The second-order valence-corrected chi connectivity index (χ2v) is 7.45. The van der Waals surface area contributed by atoms with Gasteiger partial charge in [-0.1, -0.05) is 15.9 Å². The standard InChI is InChI=1S/C15H15BrN2O2S/c16-9-3-4-11-10(7-9)15(12(19)17-13(21)18-15)8-14(20-11)5-1-2-6-14/h3-4,7H,1-2,5-6,8H2,(H2,17,18,19,21). The van der Waals surface area contributed by atoms with E-state index in [1.54, 1.807) is 0 Å². The molecule has 4 nitrogen and oxygen atoms in total. The SMILES string of the molecule is O=C1NC(=S)NC12CC1(CCCC1)Oc1ccc(Br)cc12. The second-order valence-electron chi connectivity index (χ2n) is 6.12. The predicted molar refractivity (Wildman–Crippen MR) is 86.1 cm³/mol. The lowest BCUT2D eigenvalue weighted by atomic mass is 9.75. The first-order chi connectivity index (χ1) is 10.0. The highest BCUT2D eigenvalue weighted by Crippen LogP contribution is 2.51. The summed E-state index contributed by atoms with van der Waals surface area (Å²) in [6.45, 7) is 0. The van der Waals surface area contributed by atoms with E-state index in [9.17, 15) is 4.79 Å². The van der Waals surface area contributed by atoms with Crippen molar-refractivity contribution in [2.24, 2.45) is 0 Å². The maximum absolute atomic E-state index is 12.6. The summed E-state index contributed by atoms with van der Waals surface area (Å²) in [7, 11) is 0. The molecular formula is C15H15BrN2O2S. The van der Waals surface area contributed by atoms with Gasteiger partial charge in [0.2, 0.25) is 0 Å². The Kier molecular flexibility index (Phi) is 2.85. The largest absolute Gasteiger partial charge is 0.487 e. The number of nitrogens with one attached hydrogen (secondary N) is 2. The van der Waals surface area contributed by atoms with E-state index < -0.39 is 5.54 Å². The van der Waals surface area contributed by atoms with Crippen LogP contribution in [0, 0.1) is 0 Å². The van der Waals surface area contributed by atoms with Crippen molar-refractivity contribution < 1.29 is 9.53 Å². The van der Waals surface area contributed by atoms with Crippen LogP contribution in [0.5, 0.6) is 5.75 Å². The lowest BCUT2D eigenvalue weighted by Crippen LogP contribution is -2.54. The summed E-state index contributed by atoms with van der Waals surface area (Å²) in [5.41, 5.74) is -0.170. The van der Waals surface area contributed by atoms with Crippen molar-refractivity contribution in [2.45, 2.75) is 43.2 Å². The molecule has 1 aromatic rings. The third kappa shape index (κ3) is 1.92. The molecule has 2 heterocycles. The van der Waals surface area contributed by atoms with E-state index in [-0.39, 0.29) is 11.5 Å². The monoisotopic (exact) mass is 366 g/mol. The lowest BCUT2D eigenvalue weighted by molar-refractivity contribution is -0.128. The number of hydrogen-bond acceptors (Lipinski definition) is 3. The van der Waals surface area contributed by atoms with Crippen LogP contribution in [-0.4, -0.2) is 16.6 Å². The third-order valence-corrected chi connectivity index (χ3v) is 5.47. The summed E-state index contributed by atoms with van der Waals surface area (Å²) in [5, 5.41) is 6.38. The molecule has 2 fully saturated rings. The number of thiocarbonyl (C=S) groups is 1. The third-order valence-electron chi connectivity index (χ3n) is 4.77. The molecular weight excluding hydrogens is 352 g/mol. The molecule has 1 aromatic carbocycles. The van der Waals surface area contributed by atoms with Crippen LogP contribution in [0.25, 0.3) is 0 Å². The summed E-state index contributed by atoms with van der Waals surface area (Å²) in [4.78, 5) is 12.6. The number of hydrogen-bond donors (Lipinski definition) is 2. The van der Waals surface area contributed by atoms with Gasteiger partial charge in [-0.25, -0.2) is 0 Å². The Labute approximate surface area is 136 Å². The van der Waals surface area contributed by atoms with Gasteiger partial charge in [-0.3, -0.25) is 4.79 Å². The number of ether oxygens (including phenoxy) is 1. The van der Waals surface area contributed by atoms with E-state index in [1.807, 2.05) is 18.2 Å². The molecule has 21 heavy (non-hydrogen) atoms. The molecule has 1 amide bonds. The quantitative estimate of drug-likeness (QED) is 0.693. The van der Waals surface area contributed by atoms with Crippen molar-refractivity contribution in [3.8, 4) is 5.75 Å². The van der Waals surface area contributed by atoms with Gasteiger partial charge in [0.05, 0.1) is 0 Å². The number of amides is 1. The van der Waals surface area contributed by atoms with Gasteiger partial charge in [0.1, 0.15) is 11.4 Å². The Balaban J connectivity index is 1.91. The molecule has 2 spiro atoms. The average Bonchev–Trinajstić information content (AvgIpc) is 2.97. The minimum absolute atomic E-state index is 0.0681. The molecule has 1 saturated heterocycles. The molecule has 6 heteroatoms. The molecule has 0 bridgehead atoms. The molecule has 4 rings (SSSR count). The molecule has 0 aromatic heterocycles. The van der Waals surface area contributed by atoms with Crippen molar-refractivity contribution in [3.63, 3.8) is 0 Å². The first-order valence-corrected chi connectivity index (χ1v) is 8.36. The normalized spacial score (nSPS) is 29.2. The van der Waals surface area contributed by atoms with E-state index in [0.29, 0.717) is 11.5 Å². The zero-order chi connectivity index (χ0) is 14.7. The number of carbonyl (C=O) groups excluding carboxylic acids is 1. The van der Waals surface area contributed by atoms with Gasteiger partial charge in [0.25, 0.3) is 5.91 Å². The van der Waals surface area contributed by atoms with Crippen LogP contribution in [0.15, 0.2) is 22.7 Å². The lowest BCUT2D eigenvalue weighted by Gasteiger charge is -2.44. The van der Waals surface area contributed by atoms with E-state index >= 15 is 0 Å². The molecule has 1 atom stereocenters. The minimum Gasteiger partial charge on any atom is -0.487 e. The maximum Gasteiger partial charge on any atom is 0.256 e. The van der Waals surface area contributed by atoms with Gasteiger partial charge in [-0.2, -0.15) is 0 Å². The summed E-state index contributed by atoms with van der Waals surface area (Å²) in [6, 6.07) is 5.85. The zero-order valence-electron chi connectivity index (χ0n) is 11.4. The number of benzene rings is 1. The van der Waals surface area contributed by atoms with Crippen LogP contribution in [0.4, 0.5) is 0 Å². The molecule has 2 aliphatic heterocycles. The van der Waals surface area contributed by atoms with Crippen LogP contribution in [0.2, 0.25) is 0 Å². The molecule has 110 valence electrons. The number of halogens is 1. The Hall–Kier alpha value is -1.14. The van der Waals surface area contributed by atoms with Gasteiger partial charge < -0.3 is 15.4 Å². The summed E-state index contributed by atoms with van der Waals surface area (Å²) >= 11 is 8.66. The fourth-order valence-electron chi connectivity index (χ4n) is 3.88. The maximum atomic E-state index is 12.6. The topological polar surface area (TPSA) is 50.4 Å². The molecule has 3 aliphatic rings. The highest BCUT2D eigenvalue weighted by Gasteiger charge is 2.57. The zero-order valence-corrected chi connectivity index (χ0v) is 13.8. The van der Waals surface area contributed by atoms with E-state index in [4.69, 9.17) is 17.0 Å². The Morgan fingerprint density at radius 1 is 1.29 bits per heavy atom. The smallest absolute Gasteiger partial charge is 0.256 e. The first-order valence-electron chi connectivity index (χ1n) is 7.16. The summed E-state index contributed by atoms with van der Waals surface area (Å²) < 4.78 is 7.25. The Morgan fingerprint density at radius 2 is 2.05 bits per heavy atom. The van der Waals surface area contributed by atoms with Crippen molar-refractivity contribution in [1.29, 1.82) is 0 Å². The van der Waals surface area contributed by atoms with Crippen molar-refractivity contribution in [3.05, 3.63) is 28.2 Å². The van der Waals surface area contributed by atoms with Crippen LogP contribution in [-0.2, 0) is 10.3 Å². The summed E-state index contributed by atoms with van der Waals surface area (Å²) in [5.74, 6) is 0.722. The molecule has 1 aliphatic carbocycles. The number of rotatable bonds is 0. The minimum atomic E-state index is -0.793. The van der Waals surface area contributed by atoms with Crippen molar-refractivity contribution >= 4 is 39.2 Å². The number of fused-ring (bicyclic) bond motifs is 2. The Morgan fingerprint density at radius 3 is 2.71 bits per heavy atom. The predicted octanol–water partition coefficient (Wildman–Crippen LogP) is 2.74.